The second-order valence-electron chi connectivity index (χ2n) is 20.7. The highest BCUT2D eigenvalue weighted by atomic mass is 32.2. The SMILES string of the molecule is CC[C@@H](C)C(=O)N[C@H]1CCS[C@H]2CC(C)(C)[C@@H](C(=O)N[C@H](C(=O)CCC#CC#CCNC(=O)[C@@H](NC(=O)C3N4C(=O)[C@@H](CC(=S)[C@H](C)NC)CCS[C@H]4CC3(C)C)c3ccccc3)c3ccccc3)N2C1=O.S.S.S.S.S.S.S.S.S.S. The number of amides is 6. The molecule has 0 saturated carbocycles. The van der Waals surface area contributed by atoms with Crippen LogP contribution in [0.5, 0.6) is 0 Å². The highest BCUT2D eigenvalue weighted by molar-refractivity contribution is 8.00. The van der Waals surface area contributed by atoms with Gasteiger partial charge in [0.2, 0.25) is 35.4 Å². The Morgan fingerprint density at radius 1 is 0.671 bits per heavy atom. The number of thiocarbonyl (C=S) groups is 1. The van der Waals surface area contributed by atoms with E-state index in [9.17, 15) is 33.6 Å². The fourth-order valence-corrected chi connectivity index (χ4v) is 13.6. The van der Waals surface area contributed by atoms with Crippen LogP contribution in [0.3, 0.4) is 0 Å². The van der Waals surface area contributed by atoms with Crippen molar-refractivity contribution in [1.29, 1.82) is 0 Å². The first-order valence-corrected chi connectivity index (χ1v) is 27.6. The molecular formula is C55H91N7O7S13. The van der Waals surface area contributed by atoms with Crippen LogP contribution < -0.4 is 26.6 Å². The zero-order chi connectivity index (χ0) is 52.3. The first-order chi connectivity index (χ1) is 34.3. The van der Waals surface area contributed by atoms with Crippen molar-refractivity contribution < 1.29 is 33.6 Å². The quantitative estimate of drug-likeness (QED) is 0.0765. The topological polar surface area (TPSA) is 186 Å². The summed E-state index contributed by atoms with van der Waals surface area (Å²) in [6.07, 6.45) is 3.59. The minimum absolute atomic E-state index is 0. The molecule has 1 unspecified atom stereocenters. The zero-order valence-corrected chi connectivity index (χ0v) is 60.3. The molecule has 0 aliphatic carbocycles. The van der Waals surface area contributed by atoms with Crippen molar-refractivity contribution in [2.24, 2.45) is 22.7 Å². The lowest BCUT2D eigenvalue weighted by molar-refractivity contribution is -0.144. The predicted octanol–water partition coefficient (Wildman–Crippen LogP) is 7.00. The number of carbonyl (C=O) groups is 7. The van der Waals surface area contributed by atoms with E-state index in [2.05, 4.69) is 50.3 Å². The zero-order valence-electron chi connectivity index (χ0n) is 47.8. The van der Waals surface area contributed by atoms with Gasteiger partial charge in [0.1, 0.15) is 30.2 Å². The summed E-state index contributed by atoms with van der Waals surface area (Å²) in [5.74, 6) is 9.95. The maximum absolute atomic E-state index is 14.4. The number of rotatable bonds is 18. The first kappa shape index (κ1) is 89.1. The molecule has 14 nitrogen and oxygen atoms in total. The van der Waals surface area contributed by atoms with Crippen LogP contribution in [0.4, 0.5) is 0 Å². The Labute approximate surface area is 571 Å². The standard InChI is InChI=1S/C55H71N7O7S3.10H2S/c1-9-34(2)48(64)58-39-27-30-72-43-33-55(6,7)47(62(43)53(39)69)50(66)59-44(36-21-15-13-16-22-36)40(63)25-19-11-10-12-20-28-57-49(65)45(37-23-17-14-18-24-37)60-51(67)46-54(4,5)32-42-61(46)52(68)38(26-29-71-42)31-41(70)35(3)56-8;;;;;;;;;;/h13-18,21-24,34-35,38-39,42-47,56H,9,19,25-33H2,1-8H3,(H,57,65)(H,58,64)(H,59,66)(H,60,67);10*1H2/t34-,35+,38-,39+,42+,43+,44+,45+,46?,47-;;;;;;;;;;/m1........../s1. The average molecular weight is 1380 g/mol. The molecule has 4 heterocycles. The van der Waals surface area contributed by atoms with Gasteiger partial charge in [0.15, 0.2) is 5.78 Å². The second-order valence-corrected chi connectivity index (χ2v) is 23.7. The largest absolute Gasteiger partial charge is 0.344 e. The molecule has 4 fully saturated rings. The summed E-state index contributed by atoms with van der Waals surface area (Å²) in [5, 5.41) is 14.5. The molecule has 4 aliphatic rings. The summed E-state index contributed by atoms with van der Waals surface area (Å²) < 4.78 is 0. The highest BCUT2D eigenvalue weighted by Crippen LogP contribution is 2.48. The van der Waals surface area contributed by atoms with Gasteiger partial charge in [-0.15, -0.1) is 23.5 Å². The number of benzene rings is 2. The molecule has 10 atom stereocenters. The number of ketones is 1. The van der Waals surface area contributed by atoms with Crippen molar-refractivity contribution >= 4 is 217 Å². The molecule has 0 aromatic heterocycles. The van der Waals surface area contributed by atoms with Gasteiger partial charge in [-0.1, -0.05) is 126 Å². The van der Waals surface area contributed by atoms with Crippen molar-refractivity contribution in [3.05, 3.63) is 71.8 Å². The number of hydrogen-bond donors (Lipinski definition) is 5. The van der Waals surface area contributed by atoms with Gasteiger partial charge in [-0.25, -0.2) is 0 Å². The molecule has 466 valence electrons. The molecule has 0 bridgehead atoms. The van der Waals surface area contributed by atoms with Gasteiger partial charge in [-0.05, 0) is 97.8 Å². The maximum atomic E-state index is 14.4. The summed E-state index contributed by atoms with van der Waals surface area (Å²) in [6.45, 7) is 13.5. The minimum atomic E-state index is -1.07. The number of thioether (sulfide) groups is 2. The van der Waals surface area contributed by atoms with Crippen molar-refractivity contribution in [3.63, 3.8) is 0 Å². The molecule has 4 saturated heterocycles. The van der Waals surface area contributed by atoms with Crippen LogP contribution in [-0.2, 0) is 33.6 Å². The number of fused-ring (bicyclic) bond motifs is 2. The third-order valence-electron chi connectivity index (χ3n) is 14.5. The molecule has 6 rings (SSSR count). The lowest BCUT2D eigenvalue weighted by Gasteiger charge is -2.35. The van der Waals surface area contributed by atoms with E-state index in [-0.39, 0.29) is 206 Å². The van der Waals surface area contributed by atoms with Crippen molar-refractivity contribution in [3.8, 4) is 23.7 Å². The van der Waals surface area contributed by atoms with Crippen molar-refractivity contribution in [2.45, 2.75) is 147 Å². The smallest absolute Gasteiger partial charge is 0.247 e. The Morgan fingerprint density at radius 2 is 1.13 bits per heavy atom. The third kappa shape index (κ3) is 22.8. The van der Waals surface area contributed by atoms with Crippen LogP contribution in [0.1, 0.15) is 123 Å². The van der Waals surface area contributed by atoms with E-state index in [0.29, 0.717) is 55.4 Å². The van der Waals surface area contributed by atoms with Crippen molar-refractivity contribution in [2.75, 3.05) is 25.1 Å². The van der Waals surface area contributed by atoms with Crippen LogP contribution >= 0.6 is 171 Å². The van der Waals surface area contributed by atoms with E-state index in [1.54, 1.807) is 81.9 Å². The van der Waals surface area contributed by atoms with E-state index in [1.807, 2.05) is 67.6 Å². The van der Waals surface area contributed by atoms with Crippen LogP contribution in [0.2, 0.25) is 0 Å². The summed E-state index contributed by atoms with van der Waals surface area (Å²) in [6, 6.07) is 13.4. The van der Waals surface area contributed by atoms with E-state index < -0.39 is 58.8 Å². The number of nitrogens with zero attached hydrogens (tertiary/aromatic N) is 2. The first-order valence-electron chi connectivity index (χ1n) is 25.1. The van der Waals surface area contributed by atoms with Crippen LogP contribution in [0.15, 0.2) is 60.7 Å². The number of Topliss-reactive ketones (excluding diaryl/α,β-unsaturated/α-hetero) is 1. The van der Waals surface area contributed by atoms with Gasteiger partial charge in [0.25, 0.3) is 0 Å². The van der Waals surface area contributed by atoms with E-state index in [0.717, 1.165) is 10.6 Å². The van der Waals surface area contributed by atoms with Gasteiger partial charge in [-0.2, -0.15) is 135 Å². The monoisotopic (exact) mass is 1380 g/mol. The molecule has 27 heteroatoms. The highest BCUT2D eigenvalue weighted by Gasteiger charge is 2.56. The molecule has 4 aliphatic heterocycles. The molecule has 6 amide bonds. The van der Waals surface area contributed by atoms with E-state index in [4.69, 9.17) is 12.2 Å². The van der Waals surface area contributed by atoms with Crippen LogP contribution in [-0.4, -0.2) is 116 Å². The van der Waals surface area contributed by atoms with Gasteiger partial charge in [0, 0.05) is 35.6 Å². The average Bonchev–Trinajstić information content (AvgIpc) is 3.68. The number of nitrogens with one attached hydrogen (secondary N) is 5. The second kappa shape index (κ2) is 41.5. The van der Waals surface area contributed by atoms with E-state index in [1.165, 1.54) is 0 Å². The molecular weight excluding hydrogens is 1290 g/mol. The fourth-order valence-electron chi connectivity index (χ4n) is 10.0. The van der Waals surface area contributed by atoms with E-state index >= 15 is 0 Å². The normalized spacial score (nSPS) is 21.7. The molecule has 0 radical (unpaired) electrons. The predicted molar refractivity (Wildman–Crippen MR) is 392 cm³/mol. The van der Waals surface area contributed by atoms with Crippen LogP contribution in [0.25, 0.3) is 0 Å². The summed E-state index contributed by atoms with van der Waals surface area (Å²) in [7, 11) is 1.84. The molecule has 2 aromatic rings. The number of carbonyl (C=O) groups excluding carboxylic acids is 7. The van der Waals surface area contributed by atoms with Gasteiger partial charge in [-0.3, -0.25) is 33.6 Å². The molecule has 5 N–H and O–H groups in total. The van der Waals surface area contributed by atoms with Gasteiger partial charge < -0.3 is 36.4 Å². The Morgan fingerprint density at radius 3 is 1.63 bits per heavy atom. The molecule has 2 aromatic carbocycles. The number of hydrogen-bond acceptors (Lipinski definition) is 11. The lowest BCUT2D eigenvalue weighted by Crippen LogP contribution is -2.57. The maximum Gasteiger partial charge on any atom is 0.247 e. The molecule has 82 heavy (non-hydrogen) atoms. The lowest BCUT2D eigenvalue weighted by atomic mass is 9.83. The summed E-state index contributed by atoms with van der Waals surface area (Å²) in [4.78, 5) is 102. The third-order valence-corrected chi connectivity index (χ3v) is 17.5. The minimum Gasteiger partial charge on any atom is -0.344 e. The van der Waals surface area contributed by atoms with Crippen molar-refractivity contribution in [1.82, 2.24) is 36.4 Å². The summed E-state index contributed by atoms with van der Waals surface area (Å²) in [5.41, 5.74) is -0.00768. The Hall–Kier alpha value is -1.70. The Bertz CT molecular complexity index is 2330. The summed E-state index contributed by atoms with van der Waals surface area (Å²) >= 11 is 8.99. The van der Waals surface area contributed by atoms with Crippen LogP contribution in [0, 0.1) is 46.3 Å². The van der Waals surface area contributed by atoms with Gasteiger partial charge in [0.05, 0.1) is 17.3 Å². The Balaban J connectivity index is -0.00000198. The molecule has 0 spiro atoms. The fraction of sp³-hybridized carbons (Fsp3) is 0.564. The van der Waals surface area contributed by atoms with Gasteiger partial charge >= 0.3 is 0 Å². The Kier molecular flexibility index (Phi) is 45.0.